The van der Waals surface area contributed by atoms with Gasteiger partial charge in [-0.25, -0.2) is 44.9 Å². The van der Waals surface area contributed by atoms with E-state index >= 15 is 0 Å². The maximum atomic E-state index is 5.16. The van der Waals surface area contributed by atoms with Gasteiger partial charge in [-0.15, -0.1) is 0 Å². The van der Waals surface area contributed by atoms with E-state index in [0.29, 0.717) is 52.4 Å². The Bertz CT molecular complexity index is 9270. The van der Waals surface area contributed by atoms with Gasteiger partial charge in [0.1, 0.15) is 0 Å². The van der Waals surface area contributed by atoms with E-state index in [9.17, 15) is 0 Å². The number of rotatable bonds is 12. The molecule has 27 rings (SSSR count). The molecule has 0 spiro atoms. The molecule has 0 fully saturated rings. The van der Waals surface area contributed by atoms with Crippen LogP contribution >= 0.6 is 0 Å². The zero-order valence-corrected chi connectivity index (χ0v) is 74.8. The summed E-state index contributed by atoms with van der Waals surface area (Å²) in [5.74, 6) is 5.89. The summed E-state index contributed by atoms with van der Waals surface area (Å²) in [5.41, 5.74) is 15.5. The molecule has 0 saturated heterocycles. The van der Waals surface area contributed by atoms with Crippen LogP contribution in [0.5, 0.6) is 0 Å². The number of nitrogens with zero attached hydrogens (tertiary/aromatic N) is 9. The Labute approximate surface area is 795 Å². The zero-order valence-electron chi connectivity index (χ0n) is 74.8. The molecule has 24 aromatic carbocycles. The third kappa shape index (κ3) is 15.3. The lowest BCUT2D eigenvalue weighted by molar-refractivity contribution is 1.07. The summed E-state index contributed by atoms with van der Waals surface area (Å²) in [6.45, 7) is 0. The van der Waals surface area contributed by atoms with E-state index in [1.165, 1.54) is 108 Å². The molecule has 0 saturated carbocycles. The molecule has 3 aromatic heterocycles. The van der Waals surface area contributed by atoms with Crippen LogP contribution < -0.4 is 0 Å². The Hall–Kier alpha value is -18.6. The molecule has 0 aliphatic rings. The van der Waals surface area contributed by atoms with Crippen LogP contribution in [0.3, 0.4) is 0 Å². The first-order chi connectivity index (χ1) is 68.4. The molecule has 0 unspecified atom stereocenters. The molecular weight excluding hydrogens is 1680 g/mol. The predicted octanol–water partition coefficient (Wildman–Crippen LogP) is 33.5. The summed E-state index contributed by atoms with van der Waals surface area (Å²) in [7, 11) is 0. The fraction of sp³-hybridized carbons (Fsp3) is 0. The van der Waals surface area contributed by atoms with E-state index < -0.39 is 0 Å². The first-order valence-corrected chi connectivity index (χ1v) is 46.6. The van der Waals surface area contributed by atoms with E-state index in [0.717, 1.165) is 105 Å². The average Bonchev–Trinajstić information content (AvgIpc) is 0.746. The lowest BCUT2D eigenvalue weighted by atomic mass is 9.90. The van der Waals surface area contributed by atoms with Gasteiger partial charge in [-0.1, -0.05) is 461 Å². The van der Waals surface area contributed by atoms with Crippen molar-refractivity contribution in [3.8, 4) is 136 Å². The molecule has 0 atom stereocenters. The Kier molecular flexibility index (Phi) is 20.8. The summed E-state index contributed by atoms with van der Waals surface area (Å²) < 4.78 is 0. The van der Waals surface area contributed by atoms with Crippen LogP contribution in [0.15, 0.2) is 491 Å². The van der Waals surface area contributed by atoms with Crippen molar-refractivity contribution in [3.63, 3.8) is 0 Å². The maximum absolute atomic E-state index is 5.16. The van der Waals surface area contributed by atoms with Crippen LogP contribution in [0, 0.1) is 0 Å². The second kappa shape index (κ2) is 35.2. The van der Waals surface area contributed by atoms with Crippen LogP contribution in [0.4, 0.5) is 0 Å². The molecule has 0 bridgehead atoms. The van der Waals surface area contributed by atoms with Crippen molar-refractivity contribution >= 4 is 129 Å². The van der Waals surface area contributed by atoms with Gasteiger partial charge in [0, 0.05) is 55.6 Å². The standard InChI is InChI=1S/3C43H27N3/c1-3-13-31(14-4-1)41-44-42(32-15-5-2-6-16-32)46-43(45-41)38-26-23-29-12-8-10-18-35(29)40(38)33-20-19-30-22-24-36-34-17-9-7-11-28(34)21-25-37(36)39(30)27-33;1-3-13-31(14-4-1)41-44-42(32-15-5-2-6-16-32)46-43(45-41)40-35-18-10-8-12-29(35)21-24-36(40)33-20-19-30-23-25-37-34-17-9-7-11-28(34)22-26-38(37)39(30)27-33;1-3-11-31(12-4-1)41-44-42(32-13-5-2-6-14-32)46-43(45-41)38-17-9-15-29-18-20-34(27-40(29)38)33-21-19-30-23-24-36-35-16-8-7-10-28(35)22-25-37(36)39(30)26-33/h3*1-27H. The Morgan fingerprint density at radius 3 is 0.688 bits per heavy atom. The van der Waals surface area contributed by atoms with E-state index in [-0.39, 0.29) is 0 Å². The molecule has 0 N–H and O–H groups in total. The second-order valence-corrected chi connectivity index (χ2v) is 34.9. The van der Waals surface area contributed by atoms with E-state index in [1.54, 1.807) is 0 Å². The Morgan fingerprint density at radius 2 is 0.319 bits per heavy atom. The van der Waals surface area contributed by atoms with Gasteiger partial charge in [0.25, 0.3) is 0 Å². The predicted molar refractivity (Wildman–Crippen MR) is 575 cm³/mol. The van der Waals surface area contributed by atoms with Gasteiger partial charge in [-0.2, -0.15) is 0 Å². The third-order valence-corrected chi connectivity index (χ3v) is 26.7. The second-order valence-electron chi connectivity index (χ2n) is 34.9. The summed E-state index contributed by atoms with van der Waals surface area (Å²) in [4.78, 5) is 45.4. The fourth-order valence-electron chi connectivity index (χ4n) is 19.9. The van der Waals surface area contributed by atoms with Crippen molar-refractivity contribution < 1.29 is 0 Å². The molecule has 642 valence electrons. The van der Waals surface area contributed by atoms with Crippen molar-refractivity contribution in [2.75, 3.05) is 0 Å². The number of benzene rings is 24. The van der Waals surface area contributed by atoms with Crippen molar-refractivity contribution in [2.45, 2.75) is 0 Å². The van der Waals surface area contributed by atoms with Crippen LogP contribution in [-0.4, -0.2) is 44.9 Å². The lowest BCUT2D eigenvalue weighted by Gasteiger charge is -2.16. The number of hydrogen-bond acceptors (Lipinski definition) is 9. The maximum Gasteiger partial charge on any atom is 0.165 e. The van der Waals surface area contributed by atoms with Crippen molar-refractivity contribution in [1.29, 1.82) is 0 Å². The number of fused-ring (bicyclic) bond motifs is 18. The molecule has 0 aliphatic carbocycles. The van der Waals surface area contributed by atoms with Gasteiger partial charge in [-0.05, 0) is 187 Å². The average molecular weight is 1760 g/mol. The van der Waals surface area contributed by atoms with E-state index in [4.69, 9.17) is 44.9 Å². The van der Waals surface area contributed by atoms with Gasteiger partial charge >= 0.3 is 0 Å². The van der Waals surface area contributed by atoms with Crippen LogP contribution in [-0.2, 0) is 0 Å². The third-order valence-electron chi connectivity index (χ3n) is 26.7. The molecule has 0 aliphatic heterocycles. The summed E-state index contributed by atoms with van der Waals surface area (Å²) >= 11 is 0. The Balaban J connectivity index is 0.000000110. The fourth-order valence-corrected chi connectivity index (χ4v) is 19.9. The first kappa shape index (κ1) is 81.4. The van der Waals surface area contributed by atoms with Gasteiger partial charge in [0.15, 0.2) is 52.4 Å². The summed E-state index contributed by atoms with van der Waals surface area (Å²) in [5, 5.41) is 29.4. The normalized spacial score (nSPS) is 11.5. The van der Waals surface area contributed by atoms with Crippen LogP contribution in [0.25, 0.3) is 265 Å². The van der Waals surface area contributed by atoms with Gasteiger partial charge in [0.05, 0.1) is 0 Å². The SMILES string of the molecule is c1ccc(-c2nc(-c3ccccc3)nc(-c3c(-c4ccc5ccc6c7ccccc7ccc6c5c4)ccc4ccccc34)n2)cc1.c1ccc(-c2nc(-c3ccccc3)nc(-c3ccc4ccccc4c3-c3ccc4ccc5c6ccccc6ccc5c4c3)n2)cc1.c1ccc(-c2nc(-c3ccccc3)nc(-c3cccc4ccc(-c5ccc6ccc7c8ccccc8ccc7c6c5)cc34)n2)cc1. The minimum Gasteiger partial charge on any atom is -0.208 e. The molecule has 138 heavy (non-hydrogen) atoms. The molecule has 9 nitrogen and oxygen atoms in total. The minimum atomic E-state index is 0.650. The van der Waals surface area contributed by atoms with Crippen LogP contribution in [0.2, 0.25) is 0 Å². The van der Waals surface area contributed by atoms with Gasteiger partial charge in [-0.3, -0.25) is 0 Å². The van der Waals surface area contributed by atoms with Crippen molar-refractivity contribution in [3.05, 3.63) is 491 Å². The largest absolute Gasteiger partial charge is 0.208 e. The highest BCUT2D eigenvalue weighted by Crippen LogP contribution is 2.46. The summed E-state index contributed by atoms with van der Waals surface area (Å²) in [6, 6.07) is 173. The molecule has 3 heterocycles. The highest BCUT2D eigenvalue weighted by atomic mass is 15.1. The van der Waals surface area contributed by atoms with Gasteiger partial charge < -0.3 is 0 Å². The van der Waals surface area contributed by atoms with Crippen molar-refractivity contribution in [2.24, 2.45) is 0 Å². The lowest BCUT2D eigenvalue weighted by Crippen LogP contribution is -2.01. The van der Waals surface area contributed by atoms with E-state index in [2.05, 4.69) is 334 Å². The monoisotopic (exact) mass is 1760 g/mol. The molecule has 0 amide bonds. The number of hydrogen-bond donors (Lipinski definition) is 0. The van der Waals surface area contributed by atoms with Crippen molar-refractivity contribution in [1.82, 2.24) is 44.9 Å². The quantitative estimate of drug-likeness (QED) is 0.110. The molecule has 27 aromatic rings. The highest BCUT2D eigenvalue weighted by Gasteiger charge is 2.24. The number of aromatic nitrogens is 9. The highest BCUT2D eigenvalue weighted by molar-refractivity contribution is 6.22. The molecule has 0 radical (unpaired) electrons. The topological polar surface area (TPSA) is 116 Å². The van der Waals surface area contributed by atoms with E-state index in [1.807, 2.05) is 158 Å². The first-order valence-electron chi connectivity index (χ1n) is 46.6. The van der Waals surface area contributed by atoms with Gasteiger partial charge in [0.2, 0.25) is 0 Å². The smallest absolute Gasteiger partial charge is 0.165 e. The molecular formula is C129H81N9. The van der Waals surface area contributed by atoms with Crippen LogP contribution in [0.1, 0.15) is 0 Å². The Morgan fingerprint density at radius 1 is 0.0942 bits per heavy atom. The minimum absolute atomic E-state index is 0.650. The molecule has 9 heteroatoms. The summed E-state index contributed by atoms with van der Waals surface area (Å²) in [6.07, 6.45) is 0. The zero-order chi connectivity index (χ0) is 91.4.